The van der Waals surface area contributed by atoms with Crippen LogP contribution in [-0.2, 0) is 9.53 Å². The molecule has 0 aromatic rings. The molecule has 0 saturated heterocycles. The quantitative estimate of drug-likeness (QED) is 0.545. The number of allylic oxidation sites excluding steroid dienone is 1. The number of hydrogen-bond acceptors (Lipinski definition) is 2. The van der Waals surface area contributed by atoms with Gasteiger partial charge in [-0.1, -0.05) is 45.0 Å². The zero-order valence-corrected chi connectivity index (χ0v) is 12.7. The minimum Gasteiger partial charge on any atom is -0.466 e. The number of methoxy groups -OCH3 is 1. The molecule has 0 bridgehead atoms. The Hall–Kier alpha value is -0.833. The van der Waals surface area contributed by atoms with Crippen LogP contribution in [0.3, 0.4) is 0 Å². The third-order valence-corrected chi connectivity index (χ3v) is 8.89. The molecule has 1 aliphatic rings. The fraction of sp³-hybridized carbons (Fsp3) is 0.643. The second-order valence-corrected chi connectivity index (χ2v) is 9.64. The lowest BCUT2D eigenvalue weighted by atomic mass is 10.00. The second kappa shape index (κ2) is 8.29. The summed E-state index contributed by atoms with van der Waals surface area (Å²) in [6, 6.07) is 4.09. The van der Waals surface area contributed by atoms with Crippen molar-refractivity contribution in [2.24, 2.45) is 0 Å². The van der Waals surface area contributed by atoms with E-state index in [1.54, 1.807) is 0 Å². The first-order chi connectivity index (χ1) is 8.09. The van der Waals surface area contributed by atoms with Crippen molar-refractivity contribution in [3.8, 4) is 0 Å². The van der Waals surface area contributed by atoms with Crippen molar-refractivity contribution in [2.45, 2.75) is 51.7 Å². The summed E-state index contributed by atoms with van der Waals surface area (Å²) in [5.41, 5.74) is 3.07. The summed E-state index contributed by atoms with van der Waals surface area (Å²) in [6.07, 6.45) is 3.82. The summed E-state index contributed by atoms with van der Waals surface area (Å²) in [6.45, 7) is 10.8. The van der Waals surface area contributed by atoms with Gasteiger partial charge in [-0.05, 0) is 12.8 Å². The molecule has 2 nitrogen and oxygen atoms in total. The molecule has 0 radical (unpaired) electrons. The van der Waals surface area contributed by atoms with E-state index in [9.17, 15) is 4.79 Å². The van der Waals surface area contributed by atoms with Gasteiger partial charge in [0.2, 0.25) is 0 Å². The first-order valence-electron chi connectivity index (χ1n) is 6.50. The maximum atomic E-state index is 10.5. The van der Waals surface area contributed by atoms with Crippen LogP contribution < -0.4 is 0 Å². The van der Waals surface area contributed by atoms with Gasteiger partial charge in [-0.3, -0.25) is 0 Å². The molecule has 0 atom stereocenters. The average Bonchev–Trinajstić information content (AvgIpc) is 2.31. The van der Waals surface area contributed by atoms with Crippen molar-refractivity contribution in [3.63, 3.8) is 0 Å². The van der Waals surface area contributed by atoms with Crippen molar-refractivity contribution in [2.75, 3.05) is 7.11 Å². The fourth-order valence-corrected chi connectivity index (χ4v) is 4.15. The van der Waals surface area contributed by atoms with E-state index in [1.807, 2.05) is 6.08 Å². The van der Waals surface area contributed by atoms with Crippen molar-refractivity contribution >= 4 is 14.0 Å². The smallest absolute Gasteiger partial charge is 0.333 e. The minimum absolute atomic E-state index is 0.170. The molecule has 1 rings (SSSR count). The first-order valence-corrected chi connectivity index (χ1v) is 9.19. The normalized spacial score (nSPS) is 13.8. The summed E-state index contributed by atoms with van der Waals surface area (Å²) < 4.78 is 4.45. The van der Waals surface area contributed by atoms with Crippen LogP contribution in [-0.4, -0.2) is 21.2 Å². The Labute approximate surface area is 107 Å². The molecule has 0 N–H and O–H groups in total. The molecule has 17 heavy (non-hydrogen) atoms. The van der Waals surface area contributed by atoms with E-state index in [0.717, 1.165) is 18.4 Å². The van der Waals surface area contributed by atoms with Gasteiger partial charge in [-0.15, -0.1) is 12.3 Å². The van der Waals surface area contributed by atoms with Gasteiger partial charge < -0.3 is 4.74 Å². The van der Waals surface area contributed by atoms with Gasteiger partial charge in [0, 0.05) is 5.57 Å². The third-order valence-electron chi connectivity index (χ3n) is 3.80. The molecular weight excluding hydrogens is 228 g/mol. The van der Waals surface area contributed by atoms with Gasteiger partial charge in [-0.25, -0.2) is 4.79 Å². The lowest BCUT2D eigenvalue weighted by molar-refractivity contribution is -0.136. The van der Waals surface area contributed by atoms with Gasteiger partial charge >= 0.3 is 5.97 Å². The molecular formula is C14H26O2Si. The Morgan fingerprint density at radius 2 is 1.88 bits per heavy atom. The number of esters is 1. The Bertz CT molecular complexity index is 270. The highest BCUT2D eigenvalue weighted by Crippen LogP contribution is 2.20. The summed E-state index contributed by atoms with van der Waals surface area (Å²) in [7, 11) is 0.477. The van der Waals surface area contributed by atoms with Crippen LogP contribution in [0.25, 0.3) is 0 Å². The topological polar surface area (TPSA) is 26.3 Å². The number of hydrogen-bond donors (Lipinski definition) is 0. The van der Waals surface area contributed by atoms with Crippen LogP contribution in [0.2, 0.25) is 18.1 Å². The SMILES string of the molecule is C=C[Si](CC)(CC)CC.COC(=O)C1=CCC1. The summed E-state index contributed by atoms with van der Waals surface area (Å²) in [4.78, 5) is 10.5. The van der Waals surface area contributed by atoms with Crippen molar-refractivity contribution < 1.29 is 9.53 Å². The third kappa shape index (κ3) is 4.90. The predicted molar refractivity (Wildman–Crippen MR) is 76.7 cm³/mol. The minimum atomic E-state index is -0.927. The molecule has 0 aromatic carbocycles. The number of ether oxygens (including phenoxy) is 1. The van der Waals surface area contributed by atoms with Gasteiger partial charge in [0.05, 0.1) is 15.2 Å². The second-order valence-electron chi connectivity index (χ2n) is 4.39. The maximum Gasteiger partial charge on any atom is 0.333 e. The molecule has 3 heteroatoms. The van der Waals surface area contributed by atoms with Gasteiger partial charge in [0.15, 0.2) is 0 Å². The molecule has 0 heterocycles. The van der Waals surface area contributed by atoms with Crippen molar-refractivity contribution in [1.82, 2.24) is 0 Å². The first kappa shape index (κ1) is 16.2. The Morgan fingerprint density at radius 1 is 1.41 bits per heavy atom. The molecule has 0 saturated carbocycles. The fourth-order valence-electron chi connectivity index (χ4n) is 1.79. The standard InChI is InChI=1S/C8H18Si.C6H8O2/c1-5-9(6-2,7-3)8-4;1-8-6(7)5-3-2-4-5/h5H,1,6-8H2,2-4H3;3H,2,4H2,1H3. The highest BCUT2D eigenvalue weighted by Gasteiger charge is 2.21. The van der Waals surface area contributed by atoms with E-state index in [1.165, 1.54) is 25.2 Å². The van der Waals surface area contributed by atoms with Gasteiger partial charge in [0.1, 0.15) is 0 Å². The van der Waals surface area contributed by atoms with E-state index in [0.29, 0.717) is 0 Å². The van der Waals surface area contributed by atoms with E-state index in [-0.39, 0.29) is 5.97 Å². The van der Waals surface area contributed by atoms with Crippen LogP contribution in [0.4, 0.5) is 0 Å². The highest BCUT2D eigenvalue weighted by molar-refractivity contribution is 6.84. The number of carbonyl (C=O) groups is 1. The van der Waals surface area contributed by atoms with Gasteiger partial charge in [-0.2, -0.15) is 0 Å². The highest BCUT2D eigenvalue weighted by atomic mass is 28.3. The lowest BCUT2D eigenvalue weighted by Gasteiger charge is -2.22. The van der Waals surface area contributed by atoms with Crippen molar-refractivity contribution in [3.05, 3.63) is 23.9 Å². The van der Waals surface area contributed by atoms with E-state index < -0.39 is 8.07 Å². The Kier molecular flexibility index (Phi) is 7.88. The molecule has 0 fully saturated rings. The van der Waals surface area contributed by atoms with Crippen LogP contribution in [0.5, 0.6) is 0 Å². The molecule has 98 valence electrons. The predicted octanol–water partition coefficient (Wildman–Crippen LogP) is 4.10. The molecule has 0 unspecified atom stereocenters. The van der Waals surface area contributed by atoms with Crippen LogP contribution >= 0.6 is 0 Å². The zero-order chi connectivity index (χ0) is 13.3. The monoisotopic (exact) mass is 254 g/mol. The zero-order valence-electron chi connectivity index (χ0n) is 11.7. The van der Waals surface area contributed by atoms with Crippen LogP contribution in [0.1, 0.15) is 33.6 Å². The average molecular weight is 254 g/mol. The van der Waals surface area contributed by atoms with E-state index in [2.05, 4.69) is 37.8 Å². The molecule has 0 aliphatic heterocycles. The van der Waals surface area contributed by atoms with E-state index in [4.69, 9.17) is 0 Å². The lowest BCUT2D eigenvalue weighted by Crippen LogP contribution is -2.27. The molecule has 0 aromatic heterocycles. The summed E-state index contributed by atoms with van der Waals surface area (Å²) in [5, 5.41) is 0. The summed E-state index contributed by atoms with van der Waals surface area (Å²) in [5.74, 6) is -0.170. The van der Waals surface area contributed by atoms with Crippen LogP contribution in [0, 0.1) is 0 Å². The molecule has 0 spiro atoms. The molecule has 0 amide bonds. The number of rotatable bonds is 5. The van der Waals surface area contributed by atoms with Crippen LogP contribution in [0.15, 0.2) is 23.9 Å². The maximum absolute atomic E-state index is 10.5. The largest absolute Gasteiger partial charge is 0.466 e. The van der Waals surface area contributed by atoms with E-state index >= 15 is 0 Å². The Morgan fingerprint density at radius 3 is 1.94 bits per heavy atom. The Balaban J connectivity index is 0.000000302. The molecule has 1 aliphatic carbocycles. The summed E-state index contributed by atoms with van der Waals surface area (Å²) >= 11 is 0. The van der Waals surface area contributed by atoms with Crippen molar-refractivity contribution in [1.29, 1.82) is 0 Å². The van der Waals surface area contributed by atoms with Gasteiger partial charge in [0.25, 0.3) is 0 Å². The number of carbonyl (C=O) groups excluding carboxylic acids is 1.